The van der Waals surface area contributed by atoms with Crippen LogP contribution in [0.15, 0.2) is 51.3 Å². The minimum Gasteiger partial charge on any atom is -0.337 e. The van der Waals surface area contributed by atoms with Crippen LogP contribution in [0.1, 0.15) is 28.1 Å². The molecule has 5 rings (SSSR count). The fraction of sp³-hybridized carbons (Fsp3) is 0.304. The third-order valence-electron chi connectivity index (χ3n) is 6.14. The zero-order valence-electron chi connectivity index (χ0n) is 18.2. The topological polar surface area (TPSA) is 104 Å². The van der Waals surface area contributed by atoms with E-state index in [0.717, 1.165) is 22.3 Å². The Hall–Kier alpha value is -3.88. The van der Waals surface area contributed by atoms with E-state index in [1.54, 1.807) is 6.07 Å². The molecule has 0 spiro atoms. The first-order valence-corrected chi connectivity index (χ1v) is 10.4. The van der Waals surface area contributed by atoms with Crippen LogP contribution >= 0.6 is 0 Å². The van der Waals surface area contributed by atoms with Crippen LogP contribution in [0, 0.1) is 27.7 Å². The summed E-state index contributed by atoms with van der Waals surface area (Å²) in [5.74, 6) is 0.0158. The van der Waals surface area contributed by atoms with Crippen LogP contribution in [-0.4, -0.2) is 39.0 Å². The predicted molar refractivity (Wildman–Crippen MR) is 116 cm³/mol. The van der Waals surface area contributed by atoms with E-state index in [9.17, 15) is 9.59 Å². The summed E-state index contributed by atoms with van der Waals surface area (Å²) in [5, 5.41) is 13.6. The Balaban J connectivity index is 1.37. The standard InChI is InChI=1S/C23H22N6O3/c1-12-5-7-16(9-14(12)3)21-24-18(32-26-21)11-28-20-19(25-27-28)22(30)29(23(20)31)17-8-6-13(2)15(4)10-17/h5-10,19-20H,11H2,1-4H3/t19-,20-/m1/s1. The second-order valence-electron chi connectivity index (χ2n) is 8.28. The van der Waals surface area contributed by atoms with Gasteiger partial charge in [0.15, 0.2) is 12.1 Å². The summed E-state index contributed by atoms with van der Waals surface area (Å²) in [7, 11) is 0. The fourth-order valence-electron chi connectivity index (χ4n) is 3.93. The van der Waals surface area contributed by atoms with E-state index in [0.29, 0.717) is 17.4 Å². The van der Waals surface area contributed by atoms with E-state index in [-0.39, 0.29) is 18.4 Å². The maximum absolute atomic E-state index is 13.2. The van der Waals surface area contributed by atoms with Gasteiger partial charge in [-0.05, 0) is 68.1 Å². The molecule has 162 valence electrons. The lowest BCUT2D eigenvalue weighted by Crippen LogP contribution is -2.39. The van der Waals surface area contributed by atoms with Crippen molar-refractivity contribution in [1.29, 1.82) is 0 Å². The number of hydrogen-bond acceptors (Lipinski definition) is 8. The Bertz CT molecular complexity index is 1280. The van der Waals surface area contributed by atoms with Crippen molar-refractivity contribution in [1.82, 2.24) is 15.1 Å². The lowest BCUT2D eigenvalue weighted by Gasteiger charge is -2.19. The summed E-state index contributed by atoms with van der Waals surface area (Å²) in [6.07, 6.45) is 0. The zero-order valence-corrected chi connectivity index (χ0v) is 18.2. The van der Waals surface area contributed by atoms with Gasteiger partial charge in [-0.25, -0.2) is 4.90 Å². The molecule has 2 aliphatic heterocycles. The van der Waals surface area contributed by atoms with Crippen molar-refractivity contribution in [3.63, 3.8) is 0 Å². The highest BCUT2D eigenvalue weighted by molar-refractivity contribution is 6.25. The average Bonchev–Trinajstić information content (AvgIpc) is 3.45. The van der Waals surface area contributed by atoms with Gasteiger partial charge in [-0.3, -0.25) is 14.6 Å². The highest BCUT2D eigenvalue weighted by atomic mass is 16.5. The molecule has 1 aromatic heterocycles. The van der Waals surface area contributed by atoms with Crippen LogP contribution in [0.3, 0.4) is 0 Å². The van der Waals surface area contributed by atoms with Crippen LogP contribution in [0.25, 0.3) is 11.4 Å². The molecule has 0 radical (unpaired) electrons. The van der Waals surface area contributed by atoms with Gasteiger partial charge in [-0.2, -0.15) is 10.1 Å². The molecule has 2 atom stereocenters. The molecule has 0 N–H and O–H groups in total. The van der Waals surface area contributed by atoms with Crippen molar-refractivity contribution in [2.45, 2.75) is 46.3 Å². The van der Waals surface area contributed by atoms with Gasteiger partial charge in [-0.1, -0.05) is 28.6 Å². The third-order valence-corrected chi connectivity index (χ3v) is 6.14. The van der Waals surface area contributed by atoms with Crippen molar-refractivity contribution in [2.75, 3.05) is 4.90 Å². The van der Waals surface area contributed by atoms with Crippen LogP contribution < -0.4 is 4.90 Å². The largest absolute Gasteiger partial charge is 0.337 e. The molecule has 2 amide bonds. The zero-order chi connectivity index (χ0) is 22.6. The second kappa shape index (κ2) is 7.37. The Labute approximate surface area is 184 Å². The lowest BCUT2D eigenvalue weighted by atomic mass is 10.1. The van der Waals surface area contributed by atoms with Gasteiger partial charge in [-0.15, -0.1) is 0 Å². The van der Waals surface area contributed by atoms with E-state index in [1.165, 1.54) is 15.5 Å². The maximum atomic E-state index is 13.2. The normalized spacial score (nSPS) is 19.9. The van der Waals surface area contributed by atoms with Gasteiger partial charge in [0.2, 0.25) is 11.7 Å². The van der Waals surface area contributed by atoms with Gasteiger partial charge in [0.25, 0.3) is 11.8 Å². The summed E-state index contributed by atoms with van der Waals surface area (Å²) < 4.78 is 5.39. The first-order chi connectivity index (χ1) is 15.3. The number of imide groups is 1. The number of anilines is 1. The van der Waals surface area contributed by atoms with Crippen molar-refractivity contribution in [2.24, 2.45) is 10.3 Å². The summed E-state index contributed by atoms with van der Waals surface area (Å²) in [6.45, 7) is 8.07. The van der Waals surface area contributed by atoms with Gasteiger partial charge < -0.3 is 4.52 Å². The van der Waals surface area contributed by atoms with E-state index in [4.69, 9.17) is 4.52 Å². The number of aryl methyl sites for hydroxylation is 4. The second-order valence-corrected chi connectivity index (χ2v) is 8.28. The Morgan fingerprint density at radius 3 is 2.34 bits per heavy atom. The lowest BCUT2D eigenvalue weighted by molar-refractivity contribution is -0.123. The molecular formula is C23H22N6O3. The van der Waals surface area contributed by atoms with Crippen LogP contribution in [-0.2, 0) is 16.1 Å². The Morgan fingerprint density at radius 1 is 0.906 bits per heavy atom. The first-order valence-electron chi connectivity index (χ1n) is 10.4. The fourth-order valence-corrected chi connectivity index (χ4v) is 3.93. The number of carbonyl (C=O) groups excluding carboxylic acids is 2. The number of rotatable bonds is 4. The molecule has 1 saturated heterocycles. The third kappa shape index (κ3) is 3.17. The van der Waals surface area contributed by atoms with Gasteiger partial charge in [0.1, 0.15) is 6.54 Å². The molecule has 32 heavy (non-hydrogen) atoms. The molecule has 1 fully saturated rings. The summed E-state index contributed by atoms with van der Waals surface area (Å²) in [4.78, 5) is 31.7. The van der Waals surface area contributed by atoms with E-state index in [1.807, 2.05) is 58.0 Å². The number of nitrogens with zero attached hydrogens (tertiary/aromatic N) is 6. The van der Waals surface area contributed by atoms with Gasteiger partial charge in [0, 0.05) is 5.56 Å². The molecule has 2 aromatic carbocycles. The molecule has 0 aliphatic carbocycles. The predicted octanol–water partition coefficient (Wildman–Crippen LogP) is 3.46. The summed E-state index contributed by atoms with van der Waals surface area (Å²) in [6, 6.07) is 9.75. The molecule has 0 unspecified atom stereocenters. The van der Waals surface area contributed by atoms with Gasteiger partial charge in [0.05, 0.1) is 5.69 Å². The number of amides is 2. The number of aromatic nitrogens is 2. The van der Waals surface area contributed by atoms with Crippen molar-refractivity contribution in [3.8, 4) is 11.4 Å². The summed E-state index contributed by atoms with van der Waals surface area (Å²) in [5.41, 5.74) is 5.79. The highest BCUT2D eigenvalue weighted by Crippen LogP contribution is 2.33. The van der Waals surface area contributed by atoms with Crippen molar-refractivity contribution < 1.29 is 14.1 Å². The molecule has 9 nitrogen and oxygen atoms in total. The smallest absolute Gasteiger partial charge is 0.263 e. The molecular weight excluding hydrogens is 408 g/mol. The number of fused-ring (bicyclic) bond motifs is 1. The van der Waals surface area contributed by atoms with E-state index < -0.39 is 12.1 Å². The average molecular weight is 430 g/mol. The molecule has 0 saturated carbocycles. The van der Waals surface area contributed by atoms with Crippen LogP contribution in [0.5, 0.6) is 0 Å². The van der Waals surface area contributed by atoms with E-state index in [2.05, 4.69) is 20.5 Å². The maximum Gasteiger partial charge on any atom is 0.263 e. The van der Waals surface area contributed by atoms with Crippen LogP contribution in [0.4, 0.5) is 5.69 Å². The monoisotopic (exact) mass is 430 g/mol. The molecule has 2 aliphatic rings. The highest BCUT2D eigenvalue weighted by Gasteiger charge is 2.55. The first kappa shape index (κ1) is 20.0. The Kier molecular flexibility index (Phi) is 4.61. The number of hydrogen-bond donors (Lipinski definition) is 0. The van der Waals surface area contributed by atoms with Gasteiger partial charge >= 0.3 is 0 Å². The van der Waals surface area contributed by atoms with E-state index >= 15 is 0 Å². The number of carbonyl (C=O) groups is 2. The summed E-state index contributed by atoms with van der Waals surface area (Å²) >= 11 is 0. The minimum absolute atomic E-state index is 0.0856. The molecule has 0 bridgehead atoms. The molecule has 3 aromatic rings. The van der Waals surface area contributed by atoms with Crippen LogP contribution in [0.2, 0.25) is 0 Å². The number of benzene rings is 2. The Morgan fingerprint density at radius 2 is 1.62 bits per heavy atom. The van der Waals surface area contributed by atoms with Crippen molar-refractivity contribution in [3.05, 3.63) is 64.5 Å². The van der Waals surface area contributed by atoms with Crippen molar-refractivity contribution >= 4 is 17.5 Å². The molecule has 9 heteroatoms. The minimum atomic E-state index is -0.869. The SMILES string of the molecule is Cc1ccc(-c2noc(CN3N=N[C@H]4C(=O)N(c5ccc(C)c(C)c5)C(=O)[C@@H]43)n2)cc1C. The quantitative estimate of drug-likeness (QED) is 0.587. The molecule has 3 heterocycles.